The summed E-state index contributed by atoms with van der Waals surface area (Å²) in [5.41, 5.74) is 4.25. The molecule has 0 aliphatic rings. The Morgan fingerprint density at radius 2 is 1.69 bits per heavy atom. The molecule has 0 rings (SSSR count). The van der Waals surface area contributed by atoms with Crippen LogP contribution in [-0.2, 0) is 23.9 Å². The minimum Gasteiger partial charge on any atom is -0.469 e. The zero-order valence-corrected chi connectivity index (χ0v) is 19.1. The molecule has 0 aliphatic carbocycles. The number of methoxy groups -OCH3 is 1. The summed E-state index contributed by atoms with van der Waals surface area (Å²) in [5, 5.41) is 10.1. The predicted molar refractivity (Wildman–Crippen MR) is 112 cm³/mol. The van der Waals surface area contributed by atoms with Crippen LogP contribution in [0.4, 0.5) is 0 Å². The number of nitrogens with zero attached hydrogens (tertiary/aromatic N) is 2. The summed E-state index contributed by atoms with van der Waals surface area (Å²) in [5.74, 6) is -1.05. The normalized spacial score (nSPS) is 13.3. The number of esters is 1. The minimum atomic E-state index is -1.21. The van der Waals surface area contributed by atoms with Gasteiger partial charge in [0.05, 0.1) is 19.1 Å². The first-order chi connectivity index (χ1) is 13.4. The van der Waals surface area contributed by atoms with E-state index < -0.39 is 29.5 Å². The first-order valence-electron chi connectivity index (χ1n) is 9.54. The molecule has 0 bridgehead atoms. The van der Waals surface area contributed by atoms with Gasteiger partial charge in [-0.1, -0.05) is 6.92 Å². The van der Waals surface area contributed by atoms with E-state index in [2.05, 4.69) is 4.74 Å². The highest BCUT2D eigenvalue weighted by Gasteiger charge is 2.36. The summed E-state index contributed by atoms with van der Waals surface area (Å²) in [7, 11) is 4.29. The van der Waals surface area contributed by atoms with Crippen molar-refractivity contribution in [2.75, 3.05) is 32.7 Å². The molecule has 0 aromatic carbocycles. The van der Waals surface area contributed by atoms with Gasteiger partial charge in [-0.25, -0.2) is 0 Å². The number of likely N-dealkylation sites (N-methyl/N-ethyl adjacent to an activating group) is 2. The Bertz CT molecular complexity index is 579. The number of carbonyl (C=O) groups excluding carboxylic acids is 4. The number of hydrogen-bond acceptors (Lipinski definition) is 7. The maximum absolute atomic E-state index is 13.1. The third-order valence-corrected chi connectivity index (χ3v) is 5.44. The van der Waals surface area contributed by atoms with Crippen molar-refractivity contribution in [3.63, 3.8) is 0 Å². The summed E-state index contributed by atoms with van der Waals surface area (Å²) in [6, 6.07) is -1.84. The highest BCUT2D eigenvalue weighted by molar-refractivity contribution is 7.99. The topological polar surface area (TPSA) is 130 Å². The van der Waals surface area contributed by atoms with Crippen LogP contribution < -0.4 is 5.73 Å². The van der Waals surface area contributed by atoms with E-state index in [9.17, 15) is 24.3 Å². The fourth-order valence-electron chi connectivity index (χ4n) is 2.66. The number of thioether (sulfide) groups is 1. The van der Waals surface area contributed by atoms with Crippen LogP contribution in [0.15, 0.2) is 0 Å². The summed E-state index contributed by atoms with van der Waals surface area (Å²) in [6.45, 7) is 4.92. The highest BCUT2D eigenvalue weighted by Crippen LogP contribution is 2.19. The maximum Gasteiger partial charge on any atom is 0.306 e. The van der Waals surface area contributed by atoms with E-state index in [1.807, 2.05) is 6.92 Å². The van der Waals surface area contributed by atoms with Crippen LogP contribution in [0.1, 0.15) is 46.5 Å². The quantitative estimate of drug-likeness (QED) is 0.317. The number of carbonyl (C=O) groups is 4. The number of primary amides is 1. The predicted octanol–water partition coefficient (Wildman–Crippen LogP) is 0.383. The lowest BCUT2D eigenvalue weighted by atomic mass is 9.97. The van der Waals surface area contributed by atoms with Crippen molar-refractivity contribution in [3.8, 4) is 0 Å². The maximum atomic E-state index is 13.1. The molecule has 0 saturated heterocycles. The molecule has 0 radical (unpaired) electrons. The minimum absolute atomic E-state index is 0.0284. The van der Waals surface area contributed by atoms with Gasteiger partial charge in [0.2, 0.25) is 17.7 Å². The highest BCUT2D eigenvalue weighted by atomic mass is 32.2. The molecule has 29 heavy (non-hydrogen) atoms. The van der Waals surface area contributed by atoms with Crippen LogP contribution in [0.5, 0.6) is 0 Å². The molecule has 0 unspecified atom stereocenters. The second-order valence-electron chi connectivity index (χ2n) is 7.56. The molecule has 0 spiro atoms. The van der Waals surface area contributed by atoms with Gasteiger partial charge < -0.3 is 25.4 Å². The number of rotatable bonds is 13. The van der Waals surface area contributed by atoms with Crippen molar-refractivity contribution in [1.82, 2.24) is 9.80 Å². The second kappa shape index (κ2) is 12.7. The first-order valence-corrected chi connectivity index (χ1v) is 10.7. The number of ether oxygens (including phenoxy) is 1. The Hall–Kier alpha value is -1.81. The SMILES string of the molecule is CCCC(=O)N(C)[C@@H](CSCCC(=O)OC)C(=O)N(C)[C@@H](CC(C)(C)O)C(N)=O. The summed E-state index contributed by atoms with van der Waals surface area (Å²) in [6.07, 6.45) is 1.09. The Morgan fingerprint density at radius 3 is 2.14 bits per heavy atom. The van der Waals surface area contributed by atoms with Crippen molar-refractivity contribution < 1.29 is 29.0 Å². The van der Waals surface area contributed by atoms with Crippen LogP contribution in [0.2, 0.25) is 0 Å². The lowest BCUT2D eigenvalue weighted by molar-refractivity contribution is -0.147. The summed E-state index contributed by atoms with van der Waals surface area (Å²) >= 11 is 1.34. The van der Waals surface area contributed by atoms with E-state index in [0.717, 1.165) is 0 Å². The molecule has 3 amide bonds. The van der Waals surface area contributed by atoms with Crippen LogP contribution in [0.25, 0.3) is 0 Å². The van der Waals surface area contributed by atoms with E-state index in [1.54, 1.807) is 7.05 Å². The molecule has 2 atom stereocenters. The standard InChI is InChI=1S/C19H35N3O6S/c1-7-8-15(23)21(4)14(12-29-10-9-16(24)28-6)18(26)22(5)13(17(20)25)11-19(2,3)27/h13-14,27H,7-12H2,1-6H3,(H2,20,25)/t13-,14-/m0/s1. The van der Waals surface area contributed by atoms with Gasteiger partial charge in [-0.15, -0.1) is 0 Å². The fourth-order valence-corrected chi connectivity index (χ4v) is 3.72. The van der Waals surface area contributed by atoms with E-state index in [1.165, 1.54) is 49.6 Å². The zero-order valence-electron chi connectivity index (χ0n) is 18.3. The molecule has 0 aromatic heterocycles. The van der Waals surface area contributed by atoms with Gasteiger partial charge in [0.15, 0.2) is 0 Å². The van der Waals surface area contributed by atoms with Gasteiger partial charge in [0.25, 0.3) is 0 Å². The average Bonchev–Trinajstić information content (AvgIpc) is 2.63. The zero-order chi connectivity index (χ0) is 22.8. The van der Waals surface area contributed by atoms with Crippen molar-refractivity contribution in [1.29, 1.82) is 0 Å². The summed E-state index contributed by atoms with van der Waals surface area (Å²) < 4.78 is 4.60. The van der Waals surface area contributed by atoms with E-state index in [0.29, 0.717) is 18.6 Å². The van der Waals surface area contributed by atoms with Gasteiger partial charge in [0.1, 0.15) is 12.1 Å². The van der Waals surface area contributed by atoms with Gasteiger partial charge in [-0.05, 0) is 20.3 Å². The Balaban J connectivity index is 5.43. The first kappa shape index (κ1) is 27.2. The third kappa shape index (κ3) is 9.98. The molecule has 10 heteroatoms. The van der Waals surface area contributed by atoms with E-state index in [4.69, 9.17) is 5.73 Å². The number of nitrogens with two attached hydrogens (primary N) is 1. The van der Waals surface area contributed by atoms with Gasteiger partial charge >= 0.3 is 5.97 Å². The Morgan fingerprint density at radius 1 is 1.10 bits per heavy atom. The molecule has 0 aromatic rings. The number of amides is 3. The molecular weight excluding hydrogens is 398 g/mol. The molecule has 0 saturated carbocycles. The lowest BCUT2D eigenvalue weighted by Gasteiger charge is -2.35. The van der Waals surface area contributed by atoms with Gasteiger partial charge in [0, 0.05) is 38.4 Å². The van der Waals surface area contributed by atoms with E-state index >= 15 is 0 Å². The molecule has 3 N–H and O–H groups in total. The third-order valence-electron chi connectivity index (χ3n) is 4.40. The fraction of sp³-hybridized carbons (Fsp3) is 0.789. The van der Waals surface area contributed by atoms with Crippen molar-refractivity contribution in [2.45, 2.75) is 64.1 Å². The number of hydrogen-bond donors (Lipinski definition) is 2. The molecule has 0 heterocycles. The number of aliphatic hydroxyl groups is 1. The van der Waals surface area contributed by atoms with Gasteiger partial charge in [-0.2, -0.15) is 11.8 Å². The largest absolute Gasteiger partial charge is 0.469 e. The second-order valence-corrected chi connectivity index (χ2v) is 8.71. The van der Waals surface area contributed by atoms with Crippen LogP contribution >= 0.6 is 11.8 Å². The average molecular weight is 434 g/mol. The van der Waals surface area contributed by atoms with Crippen molar-refractivity contribution in [2.24, 2.45) is 5.73 Å². The smallest absolute Gasteiger partial charge is 0.306 e. The van der Waals surface area contributed by atoms with Gasteiger partial charge in [-0.3, -0.25) is 19.2 Å². The van der Waals surface area contributed by atoms with Crippen LogP contribution in [-0.4, -0.2) is 89.0 Å². The van der Waals surface area contributed by atoms with Crippen molar-refractivity contribution in [3.05, 3.63) is 0 Å². The molecule has 9 nitrogen and oxygen atoms in total. The molecule has 0 aliphatic heterocycles. The Kier molecular flexibility index (Phi) is 11.9. The Labute approximate surface area is 177 Å². The summed E-state index contributed by atoms with van der Waals surface area (Å²) in [4.78, 5) is 51.3. The van der Waals surface area contributed by atoms with Crippen LogP contribution in [0, 0.1) is 0 Å². The molecular formula is C19H35N3O6S. The molecule has 0 fully saturated rings. The molecule has 168 valence electrons. The van der Waals surface area contributed by atoms with Crippen molar-refractivity contribution >= 4 is 35.5 Å². The van der Waals surface area contributed by atoms with Crippen LogP contribution in [0.3, 0.4) is 0 Å². The lowest BCUT2D eigenvalue weighted by Crippen LogP contribution is -2.56. The van der Waals surface area contributed by atoms with E-state index in [-0.39, 0.29) is 30.5 Å². The monoisotopic (exact) mass is 433 g/mol.